The first-order valence-electron chi connectivity index (χ1n) is 5.69. The maximum absolute atomic E-state index is 12.0. The van der Waals surface area contributed by atoms with Crippen molar-refractivity contribution < 1.29 is 18.0 Å². The van der Waals surface area contributed by atoms with Gasteiger partial charge in [0, 0.05) is 5.56 Å². The Labute approximate surface area is 126 Å². The molecule has 0 saturated heterocycles. The largest absolute Gasteiger partial charge is 0.295 e. The topological polar surface area (TPSA) is 80.3 Å². The van der Waals surface area contributed by atoms with Crippen LogP contribution in [-0.4, -0.2) is 24.4 Å². The Balaban J connectivity index is 2.14. The van der Waals surface area contributed by atoms with Crippen molar-refractivity contribution in [3.05, 3.63) is 29.8 Å². The minimum Gasteiger partial charge on any atom is -0.295 e. The zero-order valence-corrected chi connectivity index (χ0v) is 12.7. The Morgan fingerprint density at radius 3 is 2.15 bits per heavy atom. The van der Waals surface area contributed by atoms with Crippen LogP contribution in [0, 0.1) is 5.92 Å². The van der Waals surface area contributed by atoms with Crippen molar-refractivity contribution in [1.29, 1.82) is 0 Å². The van der Waals surface area contributed by atoms with Crippen LogP contribution < -0.4 is 4.72 Å². The van der Waals surface area contributed by atoms with Crippen molar-refractivity contribution in [3.8, 4) is 0 Å². The summed E-state index contributed by atoms with van der Waals surface area (Å²) < 4.78 is 24.7. The van der Waals surface area contributed by atoms with Gasteiger partial charge in [0.1, 0.15) is 4.33 Å². The van der Waals surface area contributed by atoms with Crippen molar-refractivity contribution in [1.82, 2.24) is 4.72 Å². The summed E-state index contributed by atoms with van der Waals surface area (Å²) in [6.45, 7) is 1.37. The second-order valence-electron chi connectivity index (χ2n) is 4.57. The molecular formula is C12H11Cl2NO4S. The van der Waals surface area contributed by atoms with Gasteiger partial charge in [-0.3, -0.25) is 9.59 Å². The van der Waals surface area contributed by atoms with E-state index in [4.69, 9.17) is 23.2 Å². The average molecular weight is 336 g/mol. The molecule has 0 spiro atoms. The van der Waals surface area contributed by atoms with Crippen LogP contribution in [-0.2, 0) is 14.8 Å². The number of halogens is 2. The second kappa shape index (κ2) is 5.02. The number of amides is 1. The first kappa shape index (κ1) is 15.3. The van der Waals surface area contributed by atoms with E-state index in [1.807, 2.05) is 4.72 Å². The molecule has 1 atom stereocenters. The molecule has 1 aromatic rings. The van der Waals surface area contributed by atoms with Crippen molar-refractivity contribution in [2.75, 3.05) is 0 Å². The molecule has 1 aromatic carbocycles. The van der Waals surface area contributed by atoms with E-state index in [-0.39, 0.29) is 17.1 Å². The molecule has 108 valence electrons. The van der Waals surface area contributed by atoms with Crippen LogP contribution in [0.1, 0.15) is 23.7 Å². The molecule has 5 nitrogen and oxygen atoms in total. The van der Waals surface area contributed by atoms with Gasteiger partial charge in [0.15, 0.2) is 5.78 Å². The third kappa shape index (κ3) is 3.13. The summed E-state index contributed by atoms with van der Waals surface area (Å²) >= 11 is 11.4. The van der Waals surface area contributed by atoms with Crippen LogP contribution in [0.25, 0.3) is 0 Å². The summed E-state index contributed by atoms with van der Waals surface area (Å²) in [4.78, 5) is 22.7. The molecule has 0 aliphatic heterocycles. The summed E-state index contributed by atoms with van der Waals surface area (Å²) in [6.07, 6.45) is 0.223. The molecule has 1 saturated carbocycles. The molecule has 1 aliphatic carbocycles. The minimum atomic E-state index is -3.99. The van der Waals surface area contributed by atoms with E-state index in [0.717, 1.165) is 0 Å². The number of carbonyl (C=O) groups excluding carboxylic acids is 2. The number of alkyl halides is 2. The highest BCUT2D eigenvalue weighted by atomic mass is 35.5. The first-order valence-corrected chi connectivity index (χ1v) is 7.93. The lowest BCUT2D eigenvalue weighted by Crippen LogP contribution is -2.33. The van der Waals surface area contributed by atoms with E-state index < -0.39 is 26.2 Å². The lowest BCUT2D eigenvalue weighted by Gasteiger charge is -2.07. The van der Waals surface area contributed by atoms with Gasteiger partial charge in [0.05, 0.1) is 10.8 Å². The fraction of sp³-hybridized carbons (Fsp3) is 0.333. The van der Waals surface area contributed by atoms with Crippen molar-refractivity contribution in [2.24, 2.45) is 5.92 Å². The monoisotopic (exact) mass is 335 g/mol. The van der Waals surface area contributed by atoms with Crippen LogP contribution in [0.5, 0.6) is 0 Å². The highest BCUT2D eigenvalue weighted by Crippen LogP contribution is 2.53. The third-order valence-electron chi connectivity index (χ3n) is 2.95. The van der Waals surface area contributed by atoms with E-state index >= 15 is 0 Å². The second-order valence-corrected chi connectivity index (χ2v) is 7.79. The molecule has 0 heterocycles. The number of ketones is 1. The molecule has 8 heteroatoms. The predicted molar refractivity (Wildman–Crippen MR) is 74.3 cm³/mol. The summed E-state index contributed by atoms with van der Waals surface area (Å²) in [7, 11) is -3.99. The van der Waals surface area contributed by atoms with Crippen molar-refractivity contribution >= 4 is 44.9 Å². The van der Waals surface area contributed by atoms with Gasteiger partial charge in [-0.2, -0.15) is 0 Å². The first-order chi connectivity index (χ1) is 9.13. The van der Waals surface area contributed by atoms with Gasteiger partial charge in [0.25, 0.3) is 10.0 Å². The molecule has 1 N–H and O–H groups in total. The number of carbonyl (C=O) groups is 2. The van der Waals surface area contributed by atoms with E-state index in [1.54, 1.807) is 0 Å². The Hall–Kier alpha value is -1.11. The fourth-order valence-corrected chi connectivity index (χ4v) is 3.16. The van der Waals surface area contributed by atoms with Crippen LogP contribution in [0.3, 0.4) is 0 Å². The fourth-order valence-electron chi connectivity index (χ4n) is 1.63. The number of benzene rings is 1. The van der Waals surface area contributed by atoms with Crippen LogP contribution in [0.15, 0.2) is 29.2 Å². The lowest BCUT2D eigenvalue weighted by molar-refractivity contribution is -0.120. The SMILES string of the molecule is CC(=O)c1ccc(S(=O)(=O)NC(=O)C2CC2(Cl)Cl)cc1. The molecule has 1 unspecified atom stereocenters. The molecule has 0 bridgehead atoms. The molecule has 20 heavy (non-hydrogen) atoms. The zero-order chi connectivity index (χ0) is 15.1. The van der Waals surface area contributed by atoms with Gasteiger partial charge >= 0.3 is 0 Å². The Kier molecular flexibility index (Phi) is 3.83. The van der Waals surface area contributed by atoms with E-state index in [2.05, 4.69) is 0 Å². The molecule has 2 rings (SSSR count). The number of hydrogen-bond donors (Lipinski definition) is 1. The zero-order valence-electron chi connectivity index (χ0n) is 10.4. The third-order valence-corrected chi connectivity index (χ3v) is 5.15. The maximum atomic E-state index is 12.0. The minimum absolute atomic E-state index is 0.105. The smallest absolute Gasteiger partial charge is 0.264 e. The van der Waals surface area contributed by atoms with Gasteiger partial charge < -0.3 is 0 Å². The van der Waals surface area contributed by atoms with Crippen LogP contribution in [0.4, 0.5) is 0 Å². The van der Waals surface area contributed by atoms with E-state index in [9.17, 15) is 18.0 Å². The number of rotatable bonds is 4. The average Bonchev–Trinajstić information content (AvgIpc) is 2.98. The maximum Gasteiger partial charge on any atom is 0.264 e. The predicted octanol–water partition coefficient (Wildman–Crippen LogP) is 1.89. The molecule has 1 aliphatic rings. The molecular weight excluding hydrogens is 325 g/mol. The van der Waals surface area contributed by atoms with Crippen LogP contribution in [0.2, 0.25) is 0 Å². The standard InChI is InChI=1S/C12H11Cl2NO4S/c1-7(16)8-2-4-9(5-3-8)20(18,19)15-11(17)10-6-12(10,13)14/h2-5,10H,6H2,1H3,(H,15,17). The quantitative estimate of drug-likeness (QED) is 0.673. The van der Waals surface area contributed by atoms with Crippen molar-refractivity contribution in [3.63, 3.8) is 0 Å². The van der Waals surface area contributed by atoms with Gasteiger partial charge in [0.2, 0.25) is 5.91 Å². The van der Waals surface area contributed by atoms with E-state index in [0.29, 0.717) is 5.56 Å². The van der Waals surface area contributed by atoms with E-state index in [1.165, 1.54) is 31.2 Å². The highest BCUT2D eigenvalue weighted by molar-refractivity contribution is 7.90. The van der Waals surface area contributed by atoms with Gasteiger partial charge in [-0.1, -0.05) is 12.1 Å². The number of nitrogens with one attached hydrogen (secondary N) is 1. The van der Waals surface area contributed by atoms with Gasteiger partial charge in [-0.15, -0.1) is 23.2 Å². The van der Waals surface area contributed by atoms with Crippen LogP contribution >= 0.6 is 23.2 Å². The lowest BCUT2D eigenvalue weighted by atomic mass is 10.2. The number of Topliss-reactive ketones (excluding diaryl/α,β-unsaturated/α-hetero) is 1. The number of hydrogen-bond acceptors (Lipinski definition) is 4. The summed E-state index contributed by atoms with van der Waals surface area (Å²) in [5.41, 5.74) is 0.387. The van der Waals surface area contributed by atoms with Gasteiger partial charge in [-0.25, -0.2) is 13.1 Å². The summed E-state index contributed by atoms with van der Waals surface area (Å²) in [5, 5.41) is 0. The Morgan fingerprint density at radius 1 is 1.25 bits per heavy atom. The van der Waals surface area contributed by atoms with Crippen molar-refractivity contribution in [2.45, 2.75) is 22.6 Å². The Morgan fingerprint density at radius 2 is 1.75 bits per heavy atom. The summed E-state index contributed by atoms with van der Waals surface area (Å²) in [6, 6.07) is 5.28. The van der Waals surface area contributed by atoms with Gasteiger partial charge in [-0.05, 0) is 25.5 Å². The molecule has 0 radical (unpaired) electrons. The normalized spacial score (nSPS) is 20.2. The molecule has 1 amide bonds. The number of sulfonamides is 1. The Bertz CT molecular complexity index is 667. The molecule has 1 fully saturated rings. The summed E-state index contributed by atoms with van der Waals surface area (Å²) in [5.74, 6) is -1.63. The highest BCUT2D eigenvalue weighted by Gasteiger charge is 2.57. The molecule has 0 aromatic heterocycles.